The molecular formula is C13H14N4O2. The lowest BCUT2D eigenvalue weighted by Crippen LogP contribution is -2.12. The minimum Gasteiger partial charge on any atom is -0.481 e. The second kappa shape index (κ2) is 5.81. The number of hydrogen-bond donors (Lipinski definition) is 2. The molecule has 0 bridgehead atoms. The predicted octanol–water partition coefficient (Wildman–Crippen LogP) is 1.78. The van der Waals surface area contributed by atoms with E-state index < -0.39 is 0 Å². The zero-order valence-electron chi connectivity index (χ0n) is 10.7. The Kier molecular flexibility index (Phi) is 3.92. The third-order valence-corrected chi connectivity index (χ3v) is 2.48. The van der Waals surface area contributed by atoms with Gasteiger partial charge in [0.15, 0.2) is 0 Å². The lowest BCUT2D eigenvalue weighted by Gasteiger charge is -2.06. The van der Waals surface area contributed by atoms with Crippen molar-refractivity contribution in [2.45, 2.75) is 0 Å². The van der Waals surface area contributed by atoms with Crippen LogP contribution in [0.4, 0.5) is 11.5 Å². The highest BCUT2D eigenvalue weighted by molar-refractivity contribution is 6.04. The Labute approximate surface area is 110 Å². The molecule has 2 aromatic rings. The molecule has 2 rings (SSSR count). The van der Waals surface area contributed by atoms with Crippen LogP contribution in [-0.2, 0) is 0 Å². The summed E-state index contributed by atoms with van der Waals surface area (Å²) >= 11 is 0. The molecule has 2 aromatic heterocycles. The average Bonchev–Trinajstić information content (AvgIpc) is 2.48. The van der Waals surface area contributed by atoms with Crippen LogP contribution in [0.2, 0.25) is 0 Å². The van der Waals surface area contributed by atoms with Crippen LogP contribution in [0, 0.1) is 0 Å². The molecule has 0 radical (unpaired) electrons. The first-order valence-corrected chi connectivity index (χ1v) is 5.68. The molecule has 2 N–H and O–H groups in total. The van der Waals surface area contributed by atoms with Gasteiger partial charge in [0, 0.05) is 24.9 Å². The van der Waals surface area contributed by atoms with E-state index in [0.717, 1.165) is 0 Å². The number of carbonyl (C=O) groups is 1. The van der Waals surface area contributed by atoms with Crippen molar-refractivity contribution in [3.8, 4) is 5.88 Å². The van der Waals surface area contributed by atoms with Crippen LogP contribution < -0.4 is 15.4 Å². The first-order valence-electron chi connectivity index (χ1n) is 5.68. The summed E-state index contributed by atoms with van der Waals surface area (Å²) in [6, 6.07) is 6.73. The van der Waals surface area contributed by atoms with Gasteiger partial charge in [-0.3, -0.25) is 4.79 Å². The Bertz CT molecular complexity index is 569. The number of nitrogens with one attached hydrogen (secondary N) is 2. The first-order chi connectivity index (χ1) is 9.22. The zero-order chi connectivity index (χ0) is 13.7. The van der Waals surface area contributed by atoms with Gasteiger partial charge in [-0.05, 0) is 18.2 Å². The number of rotatable bonds is 4. The Balaban J connectivity index is 2.11. The number of hydrogen-bond acceptors (Lipinski definition) is 5. The van der Waals surface area contributed by atoms with E-state index in [1.54, 1.807) is 37.5 Å². The molecule has 1 amide bonds. The number of aromatic nitrogens is 2. The largest absolute Gasteiger partial charge is 0.481 e. The van der Waals surface area contributed by atoms with Crippen LogP contribution >= 0.6 is 0 Å². The molecule has 6 heteroatoms. The van der Waals surface area contributed by atoms with Gasteiger partial charge in [-0.2, -0.15) is 0 Å². The summed E-state index contributed by atoms with van der Waals surface area (Å²) in [7, 11) is 3.29. The highest BCUT2D eigenvalue weighted by atomic mass is 16.5. The lowest BCUT2D eigenvalue weighted by atomic mass is 10.2. The summed E-state index contributed by atoms with van der Waals surface area (Å²) in [5, 5.41) is 5.63. The maximum absolute atomic E-state index is 12.0. The van der Waals surface area contributed by atoms with Gasteiger partial charge in [0.1, 0.15) is 5.82 Å². The van der Waals surface area contributed by atoms with Crippen LogP contribution in [0.3, 0.4) is 0 Å². The smallest absolute Gasteiger partial charge is 0.255 e. The average molecular weight is 258 g/mol. The molecule has 2 heterocycles. The quantitative estimate of drug-likeness (QED) is 0.874. The number of carbonyl (C=O) groups excluding carboxylic acids is 1. The van der Waals surface area contributed by atoms with Gasteiger partial charge in [0.2, 0.25) is 5.88 Å². The van der Waals surface area contributed by atoms with Gasteiger partial charge in [0.05, 0.1) is 19.0 Å². The molecule has 0 spiro atoms. The van der Waals surface area contributed by atoms with E-state index >= 15 is 0 Å². The first kappa shape index (κ1) is 12.8. The zero-order valence-corrected chi connectivity index (χ0v) is 10.7. The van der Waals surface area contributed by atoms with Crippen molar-refractivity contribution >= 4 is 17.4 Å². The van der Waals surface area contributed by atoms with Gasteiger partial charge in [-0.15, -0.1) is 0 Å². The molecule has 0 aliphatic heterocycles. The van der Waals surface area contributed by atoms with Crippen molar-refractivity contribution in [1.82, 2.24) is 9.97 Å². The molecule has 0 aliphatic rings. The van der Waals surface area contributed by atoms with Gasteiger partial charge in [-0.1, -0.05) is 0 Å². The van der Waals surface area contributed by atoms with E-state index in [0.29, 0.717) is 22.9 Å². The van der Waals surface area contributed by atoms with Crippen LogP contribution in [-0.4, -0.2) is 30.0 Å². The molecule has 0 saturated heterocycles. The minimum absolute atomic E-state index is 0.217. The third kappa shape index (κ3) is 3.19. The van der Waals surface area contributed by atoms with Crippen molar-refractivity contribution in [2.75, 3.05) is 24.8 Å². The molecule has 0 aliphatic carbocycles. The number of nitrogens with zero attached hydrogens (tertiary/aromatic N) is 2. The van der Waals surface area contributed by atoms with E-state index in [4.69, 9.17) is 4.74 Å². The summed E-state index contributed by atoms with van der Waals surface area (Å²) in [6.07, 6.45) is 3.12. The maximum Gasteiger partial charge on any atom is 0.255 e. The second-order valence-corrected chi connectivity index (χ2v) is 3.72. The highest BCUT2D eigenvalue weighted by Crippen LogP contribution is 2.13. The summed E-state index contributed by atoms with van der Waals surface area (Å²) < 4.78 is 4.95. The fraction of sp³-hybridized carbons (Fsp3) is 0.154. The van der Waals surface area contributed by atoms with Gasteiger partial charge >= 0.3 is 0 Å². The van der Waals surface area contributed by atoms with Crippen LogP contribution in [0.25, 0.3) is 0 Å². The van der Waals surface area contributed by atoms with E-state index in [2.05, 4.69) is 20.6 Å². The van der Waals surface area contributed by atoms with E-state index in [1.165, 1.54) is 13.3 Å². The summed E-state index contributed by atoms with van der Waals surface area (Å²) in [4.78, 5) is 20.1. The number of amides is 1. The standard InChI is InChI=1S/C13H14N4O2/c1-14-11-7-9(5-6-15-11)13(18)17-10-3-4-12(19-2)16-8-10/h3-8H,1-2H3,(H,14,15)(H,17,18). The number of ether oxygens (including phenoxy) is 1. The normalized spacial score (nSPS) is 9.79. The topological polar surface area (TPSA) is 76.1 Å². The second-order valence-electron chi connectivity index (χ2n) is 3.72. The number of anilines is 2. The fourth-order valence-corrected chi connectivity index (χ4v) is 1.49. The highest BCUT2D eigenvalue weighted by Gasteiger charge is 2.07. The Morgan fingerprint density at radius 3 is 2.74 bits per heavy atom. The molecule has 6 nitrogen and oxygen atoms in total. The van der Waals surface area contributed by atoms with Crippen molar-refractivity contribution in [2.24, 2.45) is 0 Å². The van der Waals surface area contributed by atoms with E-state index in [9.17, 15) is 4.79 Å². The Morgan fingerprint density at radius 1 is 1.26 bits per heavy atom. The SMILES string of the molecule is CNc1cc(C(=O)Nc2ccc(OC)nc2)ccn1. The molecular weight excluding hydrogens is 244 g/mol. The molecule has 0 fully saturated rings. The van der Waals surface area contributed by atoms with Crippen LogP contribution in [0.1, 0.15) is 10.4 Å². The van der Waals surface area contributed by atoms with Crippen LogP contribution in [0.15, 0.2) is 36.7 Å². The number of methoxy groups -OCH3 is 1. The Morgan fingerprint density at radius 2 is 2.11 bits per heavy atom. The van der Waals surface area contributed by atoms with Crippen molar-refractivity contribution in [3.63, 3.8) is 0 Å². The van der Waals surface area contributed by atoms with E-state index in [1.807, 2.05) is 0 Å². The van der Waals surface area contributed by atoms with Crippen LogP contribution in [0.5, 0.6) is 5.88 Å². The third-order valence-electron chi connectivity index (χ3n) is 2.48. The predicted molar refractivity (Wildman–Crippen MR) is 72.5 cm³/mol. The maximum atomic E-state index is 12.0. The minimum atomic E-state index is -0.217. The lowest BCUT2D eigenvalue weighted by molar-refractivity contribution is 0.102. The van der Waals surface area contributed by atoms with Gasteiger partial charge in [-0.25, -0.2) is 9.97 Å². The molecule has 0 aromatic carbocycles. The summed E-state index contributed by atoms with van der Waals surface area (Å²) in [5.41, 5.74) is 1.13. The van der Waals surface area contributed by atoms with Crippen molar-refractivity contribution in [3.05, 3.63) is 42.2 Å². The van der Waals surface area contributed by atoms with Gasteiger partial charge < -0.3 is 15.4 Å². The fourth-order valence-electron chi connectivity index (χ4n) is 1.49. The van der Waals surface area contributed by atoms with Crippen molar-refractivity contribution in [1.29, 1.82) is 0 Å². The summed E-state index contributed by atoms with van der Waals surface area (Å²) in [5.74, 6) is 0.922. The molecule has 98 valence electrons. The Hall–Kier alpha value is -2.63. The molecule has 0 atom stereocenters. The number of pyridine rings is 2. The molecule has 19 heavy (non-hydrogen) atoms. The molecule has 0 saturated carbocycles. The summed E-state index contributed by atoms with van der Waals surface area (Å²) in [6.45, 7) is 0. The molecule has 0 unspecified atom stereocenters. The van der Waals surface area contributed by atoms with Gasteiger partial charge in [0.25, 0.3) is 5.91 Å². The van der Waals surface area contributed by atoms with Crippen molar-refractivity contribution < 1.29 is 9.53 Å². The monoisotopic (exact) mass is 258 g/mol. The van der Waals surface area contributed by atoms with E-state index in [-0.39, 0.29) is 5.91 Å².